The highest BCUT2D eigenvalue weighted by molar-refractivity contribution is 5.58. The molecule has 0 radical (unpaired) electrons. The van der Waals surface area contributed by atoms with E-state index in [1.54, 1.807) is 21.3 Å². The summed E-state index contributed by atoms with van der Waals surface area (Å²) in [6.45, 7) is 3.68. The standard InChI is InChI=1S/C23H30N2O4/c1-27-21-7-5-4-6-18(21)24-8-10-25(11-9-24)19-12-16-14-22(28-2)23(29-3)15-17(16)13-20(19)26/h4-7,14-15,19-20,26H,8-13H2,1-3H3. The van der Waals surface area contributed by atoms with Gasteiger partial charge in [0.05, 0.1) is 33.1 Å². The number of fused-ring (bicyclic) bond motifs is 1. The molecule has 6 nitrogen and oxygen atoms in total. The minimum Gasteiger partial charge on any atom is -0.495 e. The highest BCUT2D eigenvalue weighted by atomic mass is 16.5. The van der Waals surface area contributed by atoms with Crippen LogP contribution < -0.4 is 19.1 Å². The zero-order valence-corrected chi connectivity index (χ0v) is 17.4. The Labute approximate surface area is 172 Å². The zero-order chi connectivity index (χ0) is 20.4. The summed E-state index contributed by atoms with van der Waals surface area (Å²) in [5.41, 5.74) is 3.53. The first-order valence-corrected chi connectivity index (χ1v) is 10.2. The highest BCUT2D eigenvalue weighted by Gasteiger charge is 2.34. The van der Waals surface area contributed by atoms with Crippen molar-refractivity contribution < 1.29 is 19.3 Å². The molecule has 1 N–H and O–H groups in total. The van der Waals surface area contributed by atoms with Crippen molar-refractivity contribution in [2.24, 2.45) is 0 Å². The van der Waals surface area contributed by atoms with E-state index >= 15 is 0 Å². The van der Waals surface area contributed by atoms with Gasteiger partial charge in [-0.15, -0.1) is 0 Å². The number of para-hydroxylation sites is 2. The Bertz CT molecular complexity index is 849. The Kier molecular flexibility index (Phi) is 5.83. The van der Waals surface area contributed by atoms with Gasteiger partial charge in [-0.05, 0) is 41.8 Å². The van der Waals surface area contributed by atoms with Gasteiger partial charge in [0.15, 0.2) is 11.5 Å². The summed E-state index contributed by atoms with van der Waals surface area (Å²) < 4.78 is 16.4. The van der Waals surface area contributed by atoms with Crippen molar-refractivity contribution in [1.82, 2.24) is 4.90 Å². The van der Waals surface area contributed by atoms with Crippen LogP contribution in [-0.4, -0.2) is 69.7 Å². The van der Waals surface area contributed by atoms with Crippen LogP contribution in [0.2, 0.25) is 0 Å². The maximum atomic E-state index is 10.9. The van der Waals surface area contributed by atoms with E-state index in [9.17, 15) is 5.11 Å². The van der Waals surface area contributed by atoms with Crippen molar-refractivity contribution in [1.29, 1.82) is 0 Å². The molecule has 2 aromatic rings. The van der Waals surface area contributed by atoms with E-state index in [2.05, 4.69) is 21.9 Å². The first kappa shape index (κ1) is 19.9. The van der Waals surface area contributed by atoms with Gasteiger partial charge in [-0.2, -0.15) is 0 Å². The molecule has 0 spiro atoms. The zero-order valence-electron chi connectivity index (χ0n) is 17.4. The lowest BCUT2D eigenvalue weighted by Crippen LogP contribution is -2.56. The van der Waals surface area contributed by atoms with Crippen molar-refractivity contribution >= 4 is 5.69 Å². The molecule has 2 unspecified atom stereocenters. The molecular weight excluding hydrogens is 368 g/mol. The van der Waals surface area contributed by atoms with E-state index in [4.69, 9.17) is 14.2 Å². The SMILES string of the molecule is COc1cc2c(cc1OC)CC(N1CCN(c3ccccc3OC)CC1)C(O)C2. The highest BCUT2D eigenvalue weighted by Crippen LogP contribution is 2.36. The third kappa shape index (κ3) is 3.87. The van der Waals surface area contributed by atoms with Crippen molar-refractivity contribution in [2.75, 3.05) is 52.4 Å². The molecule has 6 heteroatoms. The molecule has 0 bridgehead atoms. The maximum Gasteiger partial charge on any atom is 0.161 e. The molecule has 1 aliphatic heterocycles. The van der Waals surface area contributed by atoms with Crippen LogP contribution in [0, 0.1) is 0 Å². The molecule has 2 atom stereocenters. The van der Waals surface area contributed by atoms with Crippen molar-refractivity contribution in [2.45, 2.75) is 25.0 Å². The average Bonchev–Trinajstić information content (AvgIpc) is 2.77. The third-order valence-electron chi connectivity index (χ3n) is 6.22. The fourth-order valence-electron chi connectivity index (χ4n) is 4.62. The van der Waals surface area contributed by atoms with Gasteiger partial charge < -0.3 is 24.2 Å². The smallest absolute Gasteiger partial charge is 0.161 e. The minimum atomic E-state index is -0.376. The van der Waals surface area contributed by atoms with Gasteiger partial charge in [0.2, 0.25) is 0 Å². The van der Waals surface area contributed by atoms with E-state index in [0.717, 1.165) is 61.1 Å². The summed E-state index contributed by atoms with van der Waals surface area (Å²) in [4.78, 5) is 4.79. The summed E-state index contributed by atoms with van der Waals surface area (Å²) in [6, 6.07) is 12.4. The van der Waals surface area contributed by atoms with Crippen LogP contribution in [0.4, 0.5) is 5.69 Å². The normalized spacial score (nSPS) is 22.1. The van der Waals surface area contributed by atoms with Crippen molar-refractivity contribution in [3.8, 4) is 17.2 Å². The second-order valence-electron chi connectivity index (χ2n) is 7.71. The second-order valence-corrected chi connectivity index (χ2v) is 7.71. The molecule has 29 heavy (non-hydrogen) atoms. The van der Waals surface area contributed by atoms with Crippen LogP contribution in [0.1, 0.15) is 11.1 Å². The van der Waals surface area contributed by atoms with E-state index in [0.29, 0.717) is 6.42 Å². The monoisotopic (exact) mass is 398 g/mol. The quantitative estimate of drug-likeness (QED) is 0.835. The number of aliphatic hydroxyl groups is 1. The number of aliphatic hydroxyl groups excluding tert-OH is 1. The molecular formula is C23H30N2O4. The van der Waals surface area contributed by atoms with Crippen molar-refractivity contribution in [3.63, 3.8) is 0 Å². The summed E-state index contributed by atoms with van der Waals surface area (Å²) in [5.74, 6) is 2.39. The molecule has 0 amide bonds. The van der Waals surface area contributed by atoms with Gasteiger partial charge in [0.1, 0.15) is 5.75 Å². The molecule has 1 fully saturated rings. The van der Waals surface area contributed by atoms with Gasteiger partial charge in [0, 0.05) is 38.6 Å². The molecule has 2 aliphatic rings. The predicted octanol–water partition coefficient (Wildman–Crippen LogP) is 2.36. The van der Waals surface area contributed by atoms with Crippen LogP contribution in [-0.2, 0) is 12.8 Å². The summed E-state index contributed by atoms with van der Waals surface area (Å²) in [7, 11) is 5.03. The summed E-state index contributed by atoms with van der Waals surface area (Å²) in [5, 5.41) is 10.9. The van der Waals surface area contributed by atoms with E-state index in [-0.39, 0.29) is 12.1 Å². The first-order chi connectivity index (χ1) is 14.1. The Balaban J connectivity index is 1.47. The molecule has 4 rings (SSSR count). The number of hydrogen-bond acceptors (Lipinski definition) is 6. The van der Waals surface area contributed by atoms with Crippen LogP contribution in [0.3, 0.4) is 0 Å². The molecule has 2 aromatic carbocycles. The fourth-order valence-corrected chi connectivity index (χ4v) is 4.62. The van der Waals surface area contributed by atoms with Gasteiger partial charge >= 0.3 is 0 Å². The Morgan fingerprint density at radius 3 is 2.00 bits per heavy atom. The third-order valence-corrected chi connectivity index (χ3v) is 6.22. The largest absolute Gasteiger partial charge is 0.495 e. The Hall–Kier alpha value is -2.44. The summed E-state index contributed by atoms with van der Waals surface area (Å²) in [6.07, 6.45) is 1.09. The van der Waals surface area contributed by atoms with Crippen LogP contribution >= 0.6 is 0 Å². The average molecular weight is 399 g/mol. The van der Waals surface area contributed by atoms with Gasteiger partial charge in [-0.1, -0.05) is 12.1 Å². The second kappa shape index (κ2) is 8.51. The van der Waals surface area contributed by atoms with Gasteiger partial charge in [-0.25, -0.2) is 0 Å². The lowest BCUT2D eigenvalue weighted by molar-refractivity contribution is 0.0393. The lowest BCUT2D eigenvalue weighted by atomic mass is 9.84. The van der Waals surface area contributed by atoms with Crippen molar-refractivity contribution in [3.05, 3.63) is 47.5 Å². The number of hydrogen-bond donors (Lipinski definition) is 1. The number of rotatable bonds is 5. The maximum absolute atomic E-state index is 10.9. The predicted molar refractivity (Wildman–Crippen MR) is 114 cm³/mol. The topological polar surface area (TPSA) is 54.4 Å². The van der Waals surface area contributed by atoms with Crippen LogP contribution in [0.25, 0.3) is 0 Å². The number of nitrogens with zero attached hydrogens (tertiary/aromatic N) is 2. The number of methoxy groups -OCH3 is 3. The molecule has 0 aromatic heterocycles. The molecule has 1 aliphatic carbocycles. The fraction of sp³-hybridized carbons (Fsp3) is 0.478. The van der Waals surface area contributed by atoms with Crippen LogP contribution in [0.15, 0.2) is 36.4 Å². The molecule has 1 heterocycles. The number of benzene rings is 2. The van der Waals surface area contributed by atoms with Gasteiger partial charge in [0.25, 0.3) is 0 Å². The van der Waals surface area contributed by atoms with Crippen LogP contribution in [0.5, 0.6) is 17.2 Å². The minimum absolute atomic E-state index is 0.125. The number of anilines is 1. The molecule has 1 saturated heterocycles. The molecule has 0 saturated carbocycles. The Morgan fingerprint density at radius 1 is 0.793 bits per heavy atom. The van der Waals surface area contributed by atoms with Gasteiger partial charge in [-0.3, -0.25) is 4.90 Å². The lowest BCUT2D eigenvalue weighted by Gasteiger charge is -2.44. The first-order valence-electron chi connectivity index (χ1n) is 10.2. The number of piperazine rings is 1. The van der Waals surface area contributed by atoms with E-state index in [1.807, 2.05) is 24.3 Å². The van der Waals surface area contributed by atoms with E-state index < -0.39 is 0 Å². The Morgan fingerprint density at radius 2 is 1.38 bits per heavy atom. The summed E-state index contributed by atoms with van der Waals surface area (Å²) >= 11 is 0. The van der Waals surface area contributed by atoms with E-state index in [1.165, 1.54) is 5.56 Å². The molecule has 156 valence electrons. The number of ether oxygens (including phenoxy) is 3.